The van der Waals surface area contributed by atoms with Crippen molar-refractivity contribution in [3.05, 3.63) is 22.8 Å². The lowest BCUT2D eigenvalue weighted by molar-refractivity contribution is -0.0433. The maximum atomic E-state index is 11.8. The van der Waals surface area contributed by atoms with Crippen LogP contribution in [0, 0.1) is 22.7 Å². The standard InChI is InChI=1S/C25H34O4/c1-15-9-11-24(5)16(2)8-7-10-25(24,6)19(15)12-17-13-20-22(18(14-26)21(17)27)29-23(3,4)28-20/h12-16,27H,7-11H2,1-6H3/b19-12+/t15-,16+,24+,25-/m1/s1. The monoisotopic (exact) mass is 398 g/mol. The van der Waals surface area contributed by atoms with E-state index < -0.39 is 5.79 Å². The molecule has 3 aliphatic rings. The third-order valence-corrected chi connectivity index (χ3v) is 8.34. The van der Waals surface area contributed by atoms with Crippen LogP contribution in [-0.4, -0.2) is 17.2 Å². The molecule has 2 fully saturated rings. The molecule has 2 saturated carbocycles. The van der Waals surface area contributed by atoms with Crippen molar-refractivity contribution in [1.29, 1.82) is 0 Å². The maximum Gasteiger partial charge on any atom is 0.246 e. The fraction of sp³-hybridized carbons (Fsp3) is 0.640. The summed E-state index contributed by atoms with van der Waals surface area (Å²) in [6, 6.07) is 1.83. The topological polar surface area (TPSA) is 55.8 Å². The first-order valence-corrected chi connectivity index (χ1v) is 11.0. The highest BCUT2D eigenvalue weighted by Crippen LogP contribution is 2.64. The van der Waals surface area contributed by atoms with Crippen LogP contribution in [0.5, 0.6) is 17.2 Å². The fourth-order valence-electron chi connectivity index (χ4n) is 6.19. The lowest BCUT2D eigenvalue weighted by atomic mass is 9.45. The van der Waals surface area contributed by atoms with Crippen LogP contribution >= 0.6 is 0 Å². The molecule has 0 aromatic heterocycles. The van der Waals surface area contributed by atoms with Gasteiger partial charge < -0.3 is 14.6 Å². The number of rotatable bonds is 2. The summed E-state index contributed by atoms with van der Waals surface area (Å²) in [5.41, 5.74) is 2.56. The van der Waals surface area contributed by atoms with Crippen molar-refractivity contribution in [2.75, 3.05) is 0 Å². The molecule has 0 radical (unpaired) electrons. The number of hydrogen-bond acceptors (Lipinski definition) is 4. The van der Waals surface area contributed by atoms with Gasteiger partial charge in [-0.25, -0.2) is 0 Å². The number of phenolic OH excluding ortho intramolecular Hbond substituents is 1. The maximum absolute atomic E-state index is 11.8. The summed E-state index contributed by atoms with van der Waals surface area (Å²) in [6.07, 6.45) is 8.89. The molecule has 1 N–H and O–H groups in total. The van der Waals surface area contributed by atoms with Crippen molar-refractivity contribution in [3.63, 3.8) is 0 Å². The predicted molar refractivity (Wildman–Crippen MR) is 114 cm³/mol. The van der Waals surface area contributed by atoms with E-state index in [0.29, 0.717) is 35.2 Å². The fourth-order valence-corrected chi connectivity index (χ4v) is 6.19. The summed E-state index contributed by atoms with van der Waals surface area (Å²) in [6.45, 7) is 13.2. The Bertz CT molecular complexity index is 883. The first-order chi connectivity index (χ1) is 13.5. The van der Waals surface area contributed by atoms with E-state index in [1.165, 1.54) is 31.3 Å². The van der Waals surface area contributed by atoms with E-state index in [1.807, 2.05) is 6.07 Å². The number of ether oxygens (including phenoxy) is 2. The minimum atomic E-state index is -0.847. The van der Waals surface area contributed by atoms with Crippen LogP contribution in [0.2, 0.25) is 0 Å². The largest absolute Gasteiger partial charge is 0.506 e. The second-order valence-electron chi connectivity index (χ2n) is 10.4. The molecule has 4 heteroatoms. The highest BCUT2D eigenvalue weighted by molar-refractivity contribution is 5.89. The zero-order valence-electron chi connectivity index (χ0n) is 18.6. The Labute approximate surface area is 174 Å². The van der Waals surface area contributed by atoms with Crippen LogP contribution in [-0.2, 0) is 0 Å². The highest BCUT2D eigenvalue weighted by Gasteiger charge is 2.54. The number of allylic oxidation sites excluding steroid dienone is 1. The number of aromatic hydroxyl groups is 1. The molecule has 1 aromatic carbocycles. The number of benzene rings is 1. The Kier molecular flexibility index (Phi) is 4.56. The van der Waals surface area contributed by atoms with Crippen LogP contribution in [0.4, 0.5) is 0 Å². The van der Waals surface area contributed by atoms with Gasteiger partial charge in [-0.15, -0.1) is 0 Å². The van der Waals surface area contributed by atoms with Gasteiger partial charge in [-0.05, 0) is 48.0 Å². The molecular weight excluding hydrogens is 364 g/mol. The number of carbonyl (C=O) groups excluding carboxylic acids is 1. The summed E-state index contributed by atoms with van der Waals surface area (Å²) in [7, 11) is 0. The van der Waals surface area contributed by atoms with Gasteiger partial charge in [0.05, 0.1) is 0 Å². The molecule has 4 rings (SSSR count). The summed E-state index contributed by atoms with van der Waals surface area (Å²) in [5, 5.41) is 10.9. The quantitative estimate of drug-likeness (QED) is 0.589. The van der Waals surface area contributed by atoms with Gasteiger partial charge in [0.2, 0.25) is 5.79 Å². The molecule has 0 bridgehead atoms. The molecule has 1 aromatic rings. The van der Waals surface area contributed by atoms with E-state index >= 15 is 0 Å². The van der Waals surface area contributed by atoms with Gasteiger partial charge in [0.15, 0.2) is 17.8 Å². The molecule has 158 valence electrons. The number of phenols is 1. The van der Waals surface area contributed by atoms with Crippen molar-refractivity contribution in [1.82, 2.24) is 0 Å². The van der Waals surface area contributed by atoms with E-state index in [9.17, 15) is 9.90 Å². The van der Waals surface area contributed by atoms with Crippen LogP contribution in [0.25, 0.3) is 6.08 Å². The van der Waals surface area contributed by atoms with E-state index in [1.54, 1.807) is 13.8 Å². The Hall–Kier alpha value is -1.97. The van der Waals surface area contributed by atoms with Crippen LogP contribution in [0.1, 0.15) is 89.6 Å². The number of carbonyl (C=O) groups is 1. The molecule has 29 heavy (non-hydrogen) atoms. The third-order valence-electron chi connectivity index (χ3n) is 8.34. The summed E-state index contributed by atoms with van der Waals surface area (Å²) in [4.78, 5) is 11.8. The molecule has 4 atom stereocenters. The van der Waals surface area contributed by atoms with Crippen molar-refractivity contribution >= 4 is 12.4 Å². The van der Waals surface area contributed by atoms with E-state index in [0.717, 1.165) is 6.42 Å². The lowest BCUT2D eigenvalue weighted by Crippen LogP contribution is -2.50. The SMILES string of the molecule is C[C@@H]1CC[C@@]2(C)[C@@H](C)CCC[C@]2(C)/C1=C/c1cc2c(c(C=O)c1O)OC(C)(C)O2. The van der Waals surface area contributed by atoms with E-state index in [2.05, 4.69) is 33.8 Å². The van der Waals surface area contributed by atoms with Gasteiger partial charge in [0.1, 0.15) is 11.3 Å². The molecule has 4 nitrogen and oxygen atoms in total. The molecule has 1 aliphatic heterocycles. The van der Waals surface area contributed by atoms with Crippen molar-refractivity contribution in [3.8, 4) is 17.2 Å². The first-order valence-electron chi connectivity index (χ1n) is 11.0. The molecule has 0 saturated heterocycles. The van der Waals surface area contributed by atoms with Crippen LogP contribution < -0.4 is 9.47 Å². The van der Waals surface area contributed by atoms with E-state index in [4.69, 9.17) is 9.47 Å². The van der Waals surface area contributed by atoms with Gasteiger partial charge in [-0.3, -0.25) is 4.79 Å². The minimum Gasteiger partial charge on any atom is -0.506 e. The van der Waals surface area contributed by atoms with Crippen LogP contribution in [0.3, 0.4) is 0 Å². The Morgan fingerprint density at radius 1 is 1.10 bits per heavy atom. The van der Waals surface area contributed by atoms with Crippen molar-refractivity contribution in [2.24, 2.45) is 22.7 Å². The minimum absolute atomic E-state index is 0.0144. The van der Waals surface area contributed by atoms with Crippen molar-refractivity contribution < 1.29 is 19.4 Å². The van der Waals surface area contributed by atoms with Gasteiger partial charge >= 0.3 is 0 Å². The summed E-state index contributed by atoms with van der Waals surface area (Å²) >= 11 is 0. The number of fused-ring (bicyclic) bond motifs is 2. The van der Waals surface area contributed by atoms with Crippen molar-refractivity contribution in [2.45, 2.75) is 79.4 Å². The average molecular weight is 399 g/mol. The van der Waals surface area contributed by atoms with Crippen LogP contribution in [0.15, 0.2) is 11.6 Å². The molecule has 0 unspecified atom stereocenters. The molecule has 0 spiro atoms. The van der Waals surface area contributed by atoms with Gasteiger partial charge in [0.25, 0.3) is 0 Å². The third kappa shape index (κ3) is 2.90. The highest BCUT2D eigenvalue weighted by atomic mass is 16.7. The number of hydrogen-bond donors (Lipinski definition) is 1. The Morgan fingerprint density at radius 3 is 2.52 bits per heavy atom. The molecule has 0 amide bonds. The predicted octanol–water partition coefficient (Wildman–Crippen LogP) is 6.36. The van der Waals surface area contributed by atoms with Gasteiger partial charge in [0, 0.05) is 19.4 Å². The molecule has 1 heterocycles. The first kappa shape index (κ1) is 20.3. The average Bonchev–Trinajstić information content (AvgIpc) is 2.95. The lowest BCUT2D eigenvalue weighted by Gasteiger charge is -2.60. The second-order valence-corrected chi connectivity index (χ2v) is 10.4. The zero-order chi connectivity index (χ0) is 21.2. The molecule has 2 aliphatic carbocycles. The second kappa shape index (κ2) is 6.52. The van der Waals surface area contributed by atoms with Gasteiger partial charge in [-0.1, -0.05) is 52.2 Å². The summed E-state index contributed by atoms with van der Waals surface area (Å²) < 4.78 is 11.7. The Morgan fingerprint density at radius 2 is 1.83 bits per heavy atom. The number of aldehydes is 1. The summed E-state index contributed by atoms with van der Waals surface area (Å²) in [5.74, 6) is 1.12. The smallest absolute Gasteiger partial charge is 0.246 e. The van der Waals surface area contributed by atoms with Gasteiger partial charge in [-0.2, -0.15) is 0 Å². The normalized spacial score (nSPS) is 36.7. The Balaban J connectivity index is 1.86. The zero-order valence-corrected chi connectivity index (χ0v) is 18.6. The molecular formula is C25H34O4. The van der Waals surface area contributed by atoms with E-state index in [-0.39, 0.29) is 22.1 Å².